The molecular weight excluding hydrogens is 240 g/mol. The Balaban J connectivity index is 2.88. The summed E-state index contributed by atoms with van der Waals surface area (Å²) in [5, 5.41) is 12.0. The molecule has 0 aliphatic heterocycles. The highest BCUT2D eigenvalue weighted by atomic mass is 16.5. The van der Waals surface area contributed by atoms with Crippen molar-refractivity contribution >= 4 is 11.6 Å². The van der Waals surface area contributed by atoms with Gasteiger partial charge in [0.25, 0.3) is 0 Å². The van der Waals surface area contributed by atoms with Gasteiger partial charge in [-0.05, 0) is 31.4 Å². The van der Waals surface area contributed by atoms with Crippen LogP contribution in [0.3, 0.4) is 0 Å². The fourth-order valence-electron chi connectivity index (χ4n) is 1.62. The molecule has 102 valence electrons. The molecular formula is C15H20N2O2. The lowest BCUT2D eigenvalue weighted by molar-refractivity contribution is -0.122. The molecule has 0 heterocycles. The van der Waals surface area contributed by atoms with Crippen molar-refractivity contribution in [3.8, 4) is 6.07 Å². The smallest absolute Gasteiger partial charge is 0.244 e. The summed E-state index contributed by atoms with van der Waals surface area (Å²) in [4.78, 5) is 12.2. The number of rotatable bonds is 6. The number of carbonyl (C=O) groups is 1. The number of anilines is 1. The number of para-hydroxylation sites is 1. The lowest BCUT2D eigenvalue weighted by Crippen LogP contribution is -2.31. The number of benzene rings is 1. The fourth-order valence-corrected chi connectivity index (χ4v) is 1.62. The molecule has 1 N–H and O–H groups in total. The number of nitrogens with one attached hydrogen (secondary N) is 1. The number of methoxy groups -OCH3 is 1. The Hall–Kier alpha value is -1.86. The van der Waals surface area contributed by atoms with Gasteiger partial charge in [0.1, 0.15) is 5.41 Å². The van der Waals surface area contributed by atoms with Crippen LogP contribution >= 0.6 is 0 Å². The maximum absolute atomic E-state index is 12.2. The third kappa shape index (κ3) is 3.80. The first-order valence-corrected chi connectivity index (χ1v) is 6.37. The molecule has 4 heteroatoms. The normalized spacial score (nSPS) is 13.4. The molecule has 1 unspecified atom stereocenters. The third-order valence-electron chi connectivity index (χ3n) is 3.30. The van der Waals surface area contributed by atoms with Gasteiger partial charge < -0.3 is 10.1 Å². The maximum atomic E-state index is 12.2. The van der Waals surface area contributed by atoms with Gasteiger partial charge in [0.15, 0.2) is 0 Å². The molecule has 1 amide bonds. The molecule has 0 bridgehead atoms. The van der Waals surface area contributed by atoms with Crippen LogP contribution in [0.25, 0.3) is 0 Å². The van der Waals surface area contributed by atoms with Gasteiger partial charge >= 0.3 is 0 Å². The molecule has 1 aromatic carbocycles. The largest absolute Gasteiger partial charge is 0.384 e. The molecule has 1 aromatic rings. The van der Waals surface area contributed by atoms with E-state index in [1.165, 1.54) is 0 Å². The lowest BCUT2D eigenvalue weighted by Gasteiger charge is -2.20. The summed E-state index contributed by atoms with van der Waals surface area (Å²) in [5.41, 5.74) is 0.766. The number of hydrogen-bond acceptors (Lipinski definition) is 3. The Morgan fingerprint density at radius 1 is 1.47 bits per heavy atom. The van der Waals surface area contributed by atoms with Crippen LogP contribution in [0.4, 0.5) is 5.69 Å². The molecule has 0 aromatic heterocycles. The second-order valence-corrected chi connectivity index (χ2v) is 4.65. The first-order chi connectivity index (χ1) is 9.07. The average Bonchev–Trinajstić information content (AvgIpc) is 2.45. The van der Waals surface area contributed by atoms with E-state index in [9.17, 15) is 4.79 Å². The Morgan fingerprint density at radius 2 is 2.16 bits per heavy atom. The van der Waals surface area contributed by atoms with Crippen molar-refractivity contribution in [3.05, 3.63) is 29.8 Å². The van der Waals surface area contributed by atoms with Crippen LogP contribution in [0.15, 0.2) is 24.3 Å². The molecule has 0 spiro atoms. The number of carbonyl (C=O) groups excluding carboxylic acids is 1. The van der Waals surface area contributed by atoms with E-state index in [1.807, 2.05) is 31.2 Å². The van der Waals surface area contributed by atoms with Gasteiger partial charge in [-0.1, -0.05) is 25.1 Å². The number of nitrogens with zero attached hydrogens (tertiary/aromatic N) is 1. The summed E-state index contributed by atoms with van der Waals surface area (Å²) in [6.45, 7) is 4.08. The zero-order valence-electron chi connectivity index (χ0n) is 11.7. The molecule has 0 fully saturated rings. The predicted molar refractivity (Wildman–Crippen MR) is 74.7 cm³/mol. The van der Waals surface area contributed by atoms with Crippen LogP contribution in [0.5, 0.6) is 0 Å². The van der Waals surface area contributed by atoms with Crippen molar-refractivity contribution in [2.24, 2.45) is 5.41 Å². The SMILES string of the molecule is CCC(C)(C#N)C(=O)Nc1ccccc1CCOC. The highest BCUT2D eigenvalue weighted by Crippen LogP contribution is 2.24. The van der Waals surface area contributed by atoms with E-state index < -0.39 is 5.41 Å². The molecule has 0 aliphatic carbocycles. The van der Waals surface area contributed by atoms with E-state index in [1.54, 1.807) is 14.0 Å². The average molecular weight is 260 g/mol. The zero-order chi connectivity index (χ0) is 14.3. The minimum absolute atomic E-state index is 0.262. The quantitative estimate of drug-likeness (QED) is 0.855. The molecule has 0 aliphatic rings. The summed E-state index contributed by atoms with van der Waals surface area (Å²) in [5.74, 6) is -0.262. The van der Waals surface area contributed by atoms with Gasteiger partial charge in [-0.25, -0.2) is 0 Å². The third-order valence-corrected chi connectivity index (χ3v) is 3.30. The Bertz CT molecular complexity index is 479. The van der Waals surface area contributed by atoms with Crippen molar-refractivity contribution in [2.45, 2.75) is 26.7 Å². The summed E-state index contributed by atoms with van der Waals surface area (Å²) in [6.07, 6.45) is 1.21. The van der Waals surface area contributed by atoms with Gasteiger partial charge in [0.05, 0.1) is 12.7 Å². The molecule has 1 atom stereocenters. The van der Waals surface area contributed by atoms with Gasteiger partial charge in [-0.3, -0.25) is 4.79 Å². The number of amides is 1. The highest BCUT2D eigenvalue weighted by Gasteiger charge is 2.31. The second kappa shape index (κ2) is 6.91. The molecule has 0 radical (unpaired) electrons. The van der Waals surface area contributed by atoms with Crippen LogP contribution in [0, 0.1) is 16.7 Å². The molecule has 0 saturated carbocycles. The van der Waals surface area contributed by atoms with Crippen LogP contribution in [0.2, 0.25) is 0 Å². The highest BCUT2D eigenvalue weighted by molar-refractivity contribution is 5.97. The minimum atomic E-state index is -0.992. The monoisotopic (exact) mass is 260 g/mol. The van der Waals surface area contributed by atoms with E-state index in [-0.39, 0.29) is 5.91 Å². The first-order valence-electron chi connectivity index (χ1n) is 6.37. The van der Waals surface area contributed by atoms with Crippen LogP contribution < -0.4 is 5.32 Å². The van der Waals surface area contributed by atoms with Gasteiger partial charge in [0, 0.05) is 12.8 Å². The maximum Gasteiger partial charge on any atom is 0.244 e. The van der Waals surface area contributed by atoms with Gasteiger partial charge in [-0.2, -0.15) is 5.26 Å². The zero-order valence-corrected chi connectivity index (χ0v) is 11.7. The standard InChI is InChI=1S/C15H20N2O2/c1-4-15(2,11-16)14(18)17-13-8-6-5-7-12(13)9-10-19-3/h5-8H,4,9-10H2,1-3H3,(H,17,18). The van der Waals surface area contributed by atoms with Crippen LogP contribution in [-0.2, 0) is 16.0 Å². The Labute approximate surface area is 114 Å². The van der Waals surface area contributed by atoms with Crippen LogP contribution in [0.1, 0.15) is 25.8 Å². The van der Waals surface area contributed by atoms with Crippen molar-refractivity contribution in [1.82, 2.24) is 0 Å². The second-order valence-electron chi connectivity index (χ2n) is 4.65. The van der Waals surface area contributed by atoms with Gasteiger partial charge in [-0.15, -0.1) is 0 Å². The number of hydrogen-bond donors (Lipinski definition) is 1. The summed E-state index contributed by atoms with van der Waals surface area (Å²) in [7, 11) is 1.64. The van der Waals surface area contributed by atoms with Crippen molar-refractivity contribution < 1.29 is 9.53 Å². The Kier molecular flexibility index (Phi) is 5.53. The number of ether oxygens (including phenoxy) is 1. The van der Waals surface area contributed by atoms with E-state index in [4.69, 9.17) is 10.00 Å². The van der Waals surface area contributed by atoms with E-state index in [0.717, 1.165) is 17.7 Å². The van der Waals surface area contributed by atoms with Crippen molar-refractivity contribution in [1.29, 1.82) is 5.26 Å². The molecule has 4 nitrogen and oxygen atoms in total. The summed E-state index contributed by atoms with van der Waals surface area (Å²) >= 11 is 0. The molecule has 1 rings (SSSR count). The lowest BCUT2D eigenvalue weighted by atomic mass is 9.88. The summed E-state index contributed by atoms with van der Waals surface area (Å²) < 4.78 is 5.05. The van der Waals surface area contributed by atoms with E-state index in [2.05, 4.69) is 11.4 Å². The van der Waals surface area contributed by atoms with Gasteiger partial charge in [0.2, 0.25) is 5.91 Å². The van der Waals surface area contributed by atoms with E-state index in [0.29, 0.717) is 13.0 Å². The predicted octanol–water partition coefficient (Wildman–Crippen LogP) is 2.75. The Morgan fingerprint density at radius 3 is 2.74 bits per heavy atom. The van der Waals surface area contributed by atoms with E-state index >= 15 is 0 Å². The molecule has 19 heavy (non-hydrogen) atoms. The minimum Gasteiger partial charge on any atom is -0.384 e. The van der Waals surface area contributed by atoms with Crippen LogP contribution in [-0.4, -0.2) is 19.6 Å². The first kappa shape index (κ1) is 15.2. The molecule has 0 saturated heterocycles. The fraction of sp³-hybridized carbons (Fsp3) is 0.467. The summed E-state index contributed by atoms with van der Waals surface area (Å²) in [6, 6.07) is 9.65. The number of nitriles is 1. The van der Waals surface area contributed by atoms with Crippen molar-refractivity contribution in [2.75, 3.05) is 19.0 Å². The van der Waals surface area contributed by atoms with Crippen molar-refractivity contribution in [3.63, 3.8) is 0 Å². The topological polar surface area (TPSA) is 62.1 Å².